The summed E-state index contributed by atoms with van der Waals surface area (Å²) in [5, 5.41) is 7.39. The second-order valence-corrected chi connectivity index (χ2v) is 11.8. The number of likely N-dealkylation sites (tertiary alicyclic amines) is 1. The fourth-order valence-corrected chi connectivity index (χ4v) is 6.42. The van der Waals surface area contributed by atoms with Gasteiger partial charge in [0.05, 0.1) is 36.2 Å². The topological polar surface area (TPSA) is 114 Å². The normalized spacial score (nSPS) is 19.6. The Morgan fingerprint density at radius 2 is 1.78 bits per heavy atom. The third-order valence-electron chi connectivity index (χ3n) is 8.81. The first-order chi connectivity index (χ1) is 22.4. The maximum absolute atomic E-state index is 15.4. The van der Waals surface area contributed by atoms with Crippen LogP contribution in [0, 0.1) is 5.82 Å². The van der Waals surface area contributed by atoms with E-state index in [0.717, 1.165) is 50.3 Å². The van der Waals surface area contributed by atoms with Crippen molar-refractivity contribution >= 4 is 39.8 Å². The van der Waals surface area contributed by atoms with E-state index in [1.807, 2.05) is 18.2 Å². The molecule has 2 atom stereocenters. The summed E-state index contributed by atoms with van der Waals surface area (Å²) in [5.74, 6) is 2.32. The largest absolute Gasteiger partial charge is 0.495 e. The predicted molar refractivity (Wildman–Crippen MR) is 174 cm³/mol. The zero-order chi connectivity index (χ0) is 31.6. The van der Waals surface area contributed by atoms with Gasteiger partial charge >= 0.3 is 0 Å². The lowest BCUT2D eigenvalue weighted by atomic mass is 10.0. The number of ether oxygens (including phenoxy) is 3. The van der Waals surface area contributed by atoms with Gasteiger partial charge < -0.3 is 34.6 Å². The first kappa shape index (κ1) is 29.7. The van der Waals surface area contributed by atoms with E-state index in [2.05, 4.69) is 37.1 Å². The van der Waals surface area contributed by atoms with Gasteiger partial charge in [0.1, 0.15) is 41.0 Å². The molecule has 3 fully saturated rings. The molecule has 46 heavy (non-hydrogen) atoms. The molecule has 4 aromatic rings. The molecule has 0 spiro atoms. The highest BCUT2D eigenvalue weighted by Gasteiger charge is 2.34. The first-order valence-corrected chi connectivity index (χ1v) is 15.6. The van der Waals surface area contributed by atoms with E-state index in [1.165, 1.54) is 18.5 Å². The van der Waals surface area contributed by atoms with Crippen LogP contribution in [0.4, 0.5) is 27.4 Å². The molecule has 0 aliphatic carbocycles. The first-order valence-electron chi connectivity index (χ1n) is 15.6. The number of carbonyl (C=O) groups excluding carboxylic acids is 1. The van der Waals surface area contributed by atoms with E-state index in [1.54, 1.807) is 36.4 Å². The zero-order valence-corrected chi connectivity index (χ0v) is 25.6. The number of nitrogens with one attached hydrogen (secondary N) is 2. The van der Waals surface area contributed by atoms with Gasteiger partial charge in [0, 0.05) is 62.0 Å². The maximum Gasteiger partial charge on any atom is 0.245 e. The van der Waals surface area contributed by atoms with Crippen molar-refractivity contribution in [3.05, 3.63) is 73.5 Å². The molecule has 2 unspecified atom stereocenters. The van der Waals surface area contributed by atoms with Crippen molar-refractivity contribution in [3.63, 3.8) is 0 Å². The summed E-state index contributed by atoms with van der Waals surface area (Å²) in [6.07, 6.45) is 8.70. The Morgan fingerprint density at radius 3 is 2.52 bits per heavy atom. The number of methoxy groups -OCH3 is 1. The number of piperidine rings is 1. The summed E-state index contributed by atoms with van der Waals surface area (Å²) in [5.41, 5.74) is 1.66. The lowest BCUT2D eigenvalue weighted by molar-refractivity contribution is -0.126. The van der Waals surface area contributed by atoms with Crippen LogP contribution < -0.4 is 25.0 Å². The van der Waals surface area contributed by atoms with Crippen molar-refractivity contribution in [3.8, 4) is 17.2 Å². The monoisotopic (exact) mass is 625 g/mol. The number of fused-ring (bicyclic) bond motifs is 3. The van der Waals surface area contributed by atoms with Crippen LogP contribution in [0.15, 0.2) is 67.6 Å². The van der Waals surface area contributed by atoms with Crippen LogP contribution in [0.2, 0.25) is 0 Å². The van der Waals surface area contributed by atoms with Crippen molar-refractivity contribution in [1.29, 1.82) is 0 Å². The van der Waals surface area contributed by atoms with E-state index < -0.39 is 5.82 Å². The van der Waals surface area contributed by atoms with Gasteiger partial charge in [0.2, 0.25) is 5.91 Å². The van der Waals surface area contributed by atoms with Crippen LogP contribution in [0.1, 0.15) is 25.7 Å². The molecular formula is C34H36FN7O4. The van der Waals surface area contributed by atoms with Gasteiger partial charge in [-0.25, -0.2) is 19.3 Å². The van der Waals surface area contributed by atoms with Crippen LogP contribution in [-0.4, -0.2) is 77.3 Å². The van der Waals surface area contributed by atoms with Gasteiger partial charge in [-0.2, -0.15) is 0 Å². The Balaban J connectivity index is 1.06. The van der Waals surface area contributed by atoms with Gasteiger partial charge in [-0.1, -0.05) is 6.58 Å². The van der Waals surface area contributed by atoms with E-state index in [-0.39, 0.29) is 29.8 Å². The van der Waals surface area contributed by atoms with E-state index >= 15 is 4.39 Å². The number of hydrogen-bond donors (Lipinski definition) is 2. The Morgan fingerprint density at radius 1 is 1.00 bits per heavy atom. The Kier molecular flexibility index (Phi) is 8.27. The number of halogens is 1. The van der Waals surface area contributed by atoms with Crippen LogP contribution in [0.25, 0.3) is 10.9 Å². The van der Waals surface area contributed by atoms with E-state index in [9.17, 15) is 4.79 Å². The van der Waals surface area contributed by atoms with Gasteiger partial charge in [0.25, 0.3) is 0 Å². The number of amides is 1. The minimum atomic E-state index is -0.490. The highest BCUT2D eigenvalue weighted by Crippen LogP contribution is 2.36. The number of pyridine rings is 1. The van der Waals surface area contributed by atoms with E-state index in [4.69, 9.17) is 14.2 Å². The summed E-state index contributed by atoms with van der Waals surface area (Å²) >= 11 is 0. The predicted octanol–water partition coefficient (Wildman–Crippen LogP) is 5.66. The number of rotatable bonds is 9. The van der Waals surface area contributed by atoms with Crippen LogP contribution >= 0.6 is 0 Å². The minimum Gasteiger partial charge on any atom is -0.495 e. The molecule has 5 heterocycles. The fourth-order valence-electron chi connectivity index (χ4n) is 6.42. The molecule has 11 nitrogen and oxygen atoms in total. The van der Waals surface area contributed by atoms with Crippen molar-refractivity contribution in [2.75, 3.05) is 48.8 Å². The lowest BCUT2D eigenvalue weighted by Crippen LogP contribution is -2.43. The SMILES string of the molecule is C=CC(=O)N1CCC(Nc2cc3c(Nc4ccc(Oc5ccnc(N6CC7CCC(C6)O7)c5)cc4F)ncnc3cc2OC)CC1. The number of benzene rings is 2. The quantitative estimate of drug-likeness (QED) is 0.226. The van der Waals surface area contributed by atoms with Crippen LogP contribution in [-0.2, 0) is 9.53 Å². The third-order valence-corrected chi connectivity index (χ3v) is 8.81. The molecule has 7 rings (SSSR count). The molecule has 0 radical (unpaired) electrons. The lowest BCUT2D eigenvalue weighted by Gasteiger charge is -2.33. The summed E-state index contributed by atoms with van der Waals surface area (Å²) in [6, 6.07) is 12.2. The number of carbonyl (C=O) groups is 1. The summed E-state index contributed by atoms with van der Waals surface area (Å²) in [6.45, 7) is 6.49. The van der Waals surface area contributed by atoms with Gasteiger partial charge in [0.15, 0.2) is 0 Å². The van der Waals surface area contributed by atoms with Crippen LogP contribution in [0.3, 0.4) is 0 Å². The Hall–Kier alpha value is -4.97. The Labute approximate surface area is 266 Å². The zero-order valence-electron chi connectivity index (χ0n) is 25.6. The fraction of sp³-hybridized carbons (Fsp3) is 0.353. The molecule has 2 aromatic heterocycles. The van der Waals surface area contributed by atoms with Gasteiger partial charge in [-0.15, -0.1) is 0 Å². The standard InChI is InChI=1S/C34H36FN7O4/c1-3-33(43)41-12-9-21(10-13-41)39-30-16-26-29(17-31(30)44-2)37-20-38-34(26)40-28-7-6-22(14-27(28)35)45-23-8-11-36-32(15-23)42-18-24-4-5-25(19-42)46-24/h3,6-8,11,14-17,20-21,24-25,39H,1,4-5,9-10,12-13,18-19H2,2H3,(H,37,38,40). The molecule has 238 valence electrons. The second kappa shape index (κ2) is 12.8. The summed E-state index contributed by atoms with van der Waals surface area (Å²) < 4.78 is 33.1. The maximum atomic E-state index is 15.4. The molecule has 2 aromatic carbocycles. The third kappa shape index (κ3) is 6.25. The molecule has 3 aliphatic heterocycles. The second-order valence-electron chi connectivity index (χ2n) is 11.8. The Bertz CT molecular complexity index is 1750. The highest BCUT2D eigenvalue weighted by atomic mass is 19.1. The van der Waals surface area contributed by atoms with Crippen molar-refractivity contribution in [1.82, 2.24) is 19.9 Å². The van der Waals surface area contributed by atoms with E-state index in [0.29, 0.717) is 47.1 Å². The summed E-state index contributed by atoms with van der Waals surface area (Å²) in [7, 11) is 1.61. The number of hydrogen-bond acceptors (Lipinski definition) is 10. The molecule has 1 amide bonds. The average molecular weight is 626 g/mol. The molecule has 12 heteroatoms. The minimum absolute atomic E-state index is 0.0527. The highest BCUT2D eigenvalue weighted by molar-refractivity contribution is 5.95. The number of nitrogens with zero attached hydrogens (tertiary/aromatic N) is 5. The molecule has 3 aliphatic rings. The molecule has 3 saturated heterocycles. The number of morpholine rings is 1. The van der Waals surface area contributed by atoms with Gasteiger partial charge in [-0.3, -0.25) is 4.79 Å². The average Bonchev–Trinajstić information content (AvgIpc) is 3.42. The van der Waals surface area contributed by atoms with Gasteiger partial charge in [-0.05, 0) is 56.0 Å². The van der Waals surface area contributed by atoms with Crippen LogP contribution in [0.5, 0.6) is 17.2 Å². The smallest absolute Gasteiger partial charge is 0.245 e. The summed E-state index contributed by atoms with van der Waals surface area (Å²) in [4.78, 5) is 29.4. The number of aromatic nitrogens is 3. The van der Waals surface area contributed by atoms with Crippen molar-refractivity contribution in [2.45, 2.75) is 43.9 Å². The molecular weight excluding hydrogens is 589 g/mol. The molecule has 2 bridgehead atoms. The molecule has 2 N–H and O–H groups in total. The van der Waals surface area contributed by atoms with Crippen molar-refractivity contribution in [2.24, 2.45) is 0 Å². The molecule has 0 saturated carbocycles. The number of anilines is 4. The van der Waals surface area contributed by atoms with Crippen molar-refractivity contribution < 1.29 is 23.4 Å².